The molecule has 1 unspecified atom stereocenters. The predicted molar refractivity (Wildman–Crippen MR) is 21.6 cm³/mol. The van der Waals surface area contributed by atoms with Gasteiger partial charge in [0.25, 0.3) is 0 Å². The maximum absolute atomic E-state index is 8.65. The Bertz CT molecular complexity index is 92.3. The molecule has 0 aliphatic carbocycles. The van der Waals surface area contributed by atoms with Gasteiger partial charge in [-0.15, -0.1) is 0 Å². The number of thiocyanates is 1. The van der Waals surface area contributed by atoms with Crippen molar-refractivity contribution in [2.75, 3.05) is 0 Å². The van der Waals surface area contributed by atoms with Crippen LogP contribution in [0.1, 0.15) is 0 Å². The molecule has 0 aromatic heterocycles. The molecule has 0 aliphatic rings. The number of rotatable bonds is 0. The van der Waals surface area contributed by atoms with Crippen molar-refractivity contribution in [2.45, 2.75) is 0 Å². The molecule has 0 spiro atoms. The van der Waals surface area contributed by atoms with Gasteiger partial charge in [0.1, 0.15) is 0 Å². The Hall–Kier alpha value is 2.59. The molecule has 4 nitrogen and oxygen atoms in total. The Morgan fingerprint density at radius 3 is 1.78 bits per heavy atom. The molecule has 0 saturated carbocycles. The molecule has 0 heterocycles. The molecule has 1 atom stereocenters. The first kappa shape index (κ1) is 22.6. The van der Waals surface area contributed by atoms with Gasteiger partial charge in [-0.1, -0.05) is 5.40 Å². The van der Waals surface area contributed by atoms with Crippen molar-refractivity contribution in [1.29, 1.82) is 5.26 Å². The summed E-state index contributed by atoms with van der Waals surface area (Å²) >= 11 is 0.157. The van der Waals surface area contributed by atoms with Crippen LogP contribution in [-0.4, -0.2) is 18.7 Å². The standard InChI is InChI=1S/CHNS.K.Na.H2O3Se/c2-1-3;;;1-4(2)3/h3H;;;(H2,1,2,3)/q;2*+1;/p-2. The average molecular weight is 248 g/mol. The van der Waals surface area contributed by atoms with E-state index < -0.39 is 14.5 Å². The summed E-state index contributed by atoms with van der Waals surface area (Å²) < 4.78 is 24.4. The molecule has 0 saturated heterocycles. The zero-order valence-electron chi connectivity index (χ0n) is 5.03. The molecule has 0 aromatic carbocycles. The topological polar surface area (TPSA) is 84.2 Å². The van der Waals surface area contributed by atoms with Crippen LogP contribution in [0.3, 0.4) is 0 Å². The summed E-state index contributed by atoms with van der Waals surface area (Å²) in [6, 6.07) is 0. The molecule has 0 fully saturated rings. The number of nitrogens with zero attached hydrogens (tertiary/aromatic N) is 1. The predicted octanol–water partition coefficient (Wildman–Crippen LogP) is -8.22. The molecular formula is CHKNNaO3SSe. The van der Waals surface area contributed by atoms with Crippen molar-refractivity contribution < 1.29 is 93.2 Å². The molecule has 1 N–H and O–H groups in total. The molecular weight excluding hydrogens is 247 g/mol. The van der Waals surface area contributed by atoms with Gasteiger partial charge in [0.05, 0.1) is 0 Å². The second-order valence-electron chi connectivity index (χ2n) is 0.308. The van der Waals surface area contributed by atoms with E-state index in [2.05, 4.69) is 12.6 Å². The minimum Gasteiger partial charge on any atom is 1.00 e. The Morgan fingerprint density at radius 1 is 1.78 bits per heavy atom. The monoisotopic (exact) mass is 249 g/mol. The maximum Gasteiger partial charge on any atom is 1.00 e. The maximum atomic E-state index is 8.65. The molecule has 0 aliphatic heterocycles. The third-order valence-electron chi connectivity index (χ3n) is 0. The smallest absolute Gasteiger partial charge is 1.00 e. The fourth-order valence-electron chi connectivity index (χ4n) is 0. The third kappa shape index (κ3) is 117. The van der Waals surface area contributed by atoms with Gasteiger partial charge in [0.15, 0.2) is 0 Å². The van der Waals surface area contributed by atoms with E-state index in [0.717, 1.165) is 0 Å². The first-order valence-electron chi connectivity index (χ1n) is 0.944. The number of nitriles is 1. The summed E-state index contributed by atoms with van der Waals surface area (Å²) in [6.45, 7) is 0. The summed E-state index contributed by atoms with van der Waals surface area (Å²) in [7, 11) is 0. The van der Waals surface area contributed by atoms with E-state index in [1.807, 2.05) is 0 Å². The van der Waals surface area contributed by atoms with Gasteiger partial charge >= 0.3 is 108 Å². The fraction of sp³-hybridized carbons (Fsp3) is 0. The molecule has 0 rings (SSSR count). The first-order valence-corrected chi connectivity index (χ1v) is 3.52. The average Bonchev–Trinajstić information content (AvgIpc) is 1.33. The van der Waals surface area contributed by atoms with Crippen molar-refractivity contribution in [2.24, 2.45) is 0 Å². The van der Waals surface area contributed by atoms with Crippen LogP contribution in [0.4, 0.5) is 0 Å². The number of hydrogen-bond acceptors (Lipinski definition) is 4. The number of hydrogen-bond donors (Lipinski definition) is 1. The summed E-state index contributed by atoms with van der Waals surface area (Å²) in [4.78, 5) is 0. The molecule has 0 aromatic rings. The third-order valence-corrected chi connectivity index (χ3v) is 0. The van der Waals surface area contributed by atoms with Crippen LogP contribution < -0.4 is 85.1 Å². The Labute approximate surface area is 128 Å². The van der Waals surface area contributed by atoms with Gasteiger partial charge in [-0.05, 0) is 0 Å². The Morgan fingerprint density at radius 2 is 1.78 bits per heavy atom. The van der Waals surface area contributed by atoms with E-state index in [-0.39, 0.29) is 80.9 Å². The van der Waals surface area contributed by atoms with Gasteiger partial charge in [0, 0.05) is 0 Å². The van der Waals surface area contributed by atoms with Gasteiger partial charge in [0.2, 0.25) is 0 Å². The van der Waals surface area contributed by atoms with Crippen molar-refractivity contribution in [3.05, 3.63) is 0 Å². The normalized spacial score (nSPS) is 7.67. The molecule has 0 amide bonds. The van der Waals surface area contributed by atoms with Crippen molar-refractivity contribution in [1.82, 2.24) is 0 Å². The van der Waals surface area contributed by atoms with E-state index >= 15 is 0 Å². The fourth-order valence-corrected chi connectivity index (χ4v) is 0. The van der Waals surface area contributed by atoms with E-state index in [1.54, 1.807) is 0 Å². The zero-order chi connectivity index (χ0) is 6.28. The van der Waals surface area contributed by atoms with E-state index in [9.17, 15) is 0 Å². The van der Waals surface area contributed by atoms with Crippen molar-refractivity contribution in [3.63, 3.8) is 0 Å². The first-order chi connectivity index (χ1) is 3.15. The van der Waals surface area contributed by atoms with Gasteiger partial charge in [-0.2, -0.15) is 0 Å². The van der Waals surface area contributed by atoms with Crippen molar-refractivity contribution in [3.8, 4) is 5.40 Å². The van der Waals surface area contributed by atoms with Crippen LogP contribution in [0.5, 0.6) is 0 Å². The molecule has 0 bridgehead atoms. The quantitative estimate of drug-likeness (QED) is 0.261. The largest absolute Gasteiger partial charge is 1.00 e. The van der Waals surface area contributed by atoms with Crippen LogP contribution in [0.2, 0.25) is 0 Å². The Kier molecular flexibility index (Phi) is 56.2. The van der Waals surface area contributed by atoms with Crippen LogP contribution >= 0.6 is 0 Å². The van der Waals surface area contributed by atoms with Crippen molar-refractivity contribution >= 4 is 27.1 Å². The van der Waals surface area contributed by atoms with E-state index in [4.69, 9.17) is 17.5 Å². The minimum absolute atomic E-state index is 0. The Balaban J connectivity index is -0.0000000233. The van der Waals surface area contributed by atoms with Gasteiger partial charge in [-0.3, -0.25) is 0 Å². The molecule has 0 radical (unpaired) electrons. The van der Waals surface area contributed by atoms with Crippen LogP contribution in [0, 0.1) is 10.7 Å². The summed E-state index contributed by atoms with van der Waals surface area (Å²) in [5.74, 6) is 0. The summed E-state index contributed by atoms with van der Waals surface area (Å²) in [6.07, 6.45) is 0. The van der Waals surface area contributed by atoms with E-state index in [0.29, 0.717) is 0 Å². The van der Waals surface area contributed by atoms with Gasteiger partial charge < -0.3 is 12.6 Å². The summed E-state index contributed by atoms with van der Waals surface area (Å²) in [5, 5.41) is 8.47. The van der Waals surface area contributed by atoms with E-state index in [1.165, 1.54) is 5.40 Å². The molecule has 9 heavy (non-hydrogen) atoms. The second kappa shape index (κ2) is 22.4. The van der Waals surface area contributed by atoms with Crippen LogP contribution in [0.15, 0.2) is 0 Å². The molecule has 8 heteroatoms. The zero-order valence-corrected chi connectivity index (χ0v) is 12.7. The van der Waals surface area contributed by atoms with Crippen LogP contribution in [0.25, 0.3) is 0 Å². The SMILES string of the molecule is N#C[S-].O=[Se]([O-])O.[K+].[Na+]. The van der Waals surface area contributed by atoms with Crippen LogP contribution in [-0.2, 0) is 16.5 Å². The van der Waals surface area contributed by atoms with Gasteiger partial charge in [-0.25, -0.2) is 5.26 Å². The minimum atomic E-state index is -3.54. The molecule has 42 valence electrons. The second-order valence-corrected chi connectivity index (χ2v) is 1.40. The summed E-state index contributed by atoms with van der Waals surface area (Å²) in [5.41, 5.74) is 0.